The van der Waals surface area contributed by atoms with Gasteiger partial charge in [0.15, 0.2) is 0 Å². The lowest BCUT2D eigenvalue weighted by Crippen LogP contribution is -2.53. The minimum absolute atomic E-state index is 0.00381. The second-order valence-electron chi connectivity index (χ2n) is 13.7. The lowest BCUT2D eigenvalue weighted by Gasteiger charge is -2.50. The van der Waals surface area contributed by atoms with E-state index in [1.54, 1.807) is 55.6 Å². The Morgan fingerprint density at radius 1 is 0.943 bits per heavy atom. The maximum Gasteiger partial charge on any atom is 0.260 e. The predicted octanol–water partition coefficient (Wildman–Crippen LogP) is 6.62. The van der Waals surface area contributed by atoms with Gasteiger partial charge in [0.05, 0.1) is 54.1 Å². The highest BCUT2D eigenvalue weighted by atomic mass is 35.5. The third-order valence-electron chi connectivity index (χ3n) is 11.1. The minimum Gasteiger partial charge on any atom is -0.497 e. The monoisotopic (exact) mass is 771 g/mol. The molecule has 0 radical (unpaired) electrons. The van der Waals surface area contributed by atoms with Crippen molar-refractivity contribution in [3.8, 4) is 11.5 Å². The molecule has 6 atom stereocenters. The molecule has 3 heterocycles. The Hall–Kier alpha value is -4.68. The molecule has 13 heteroatoms. The summed E-state index contributed by atoms with van der Waals surface area (Å²) in [6.45, 7) is -0.0635. The number of fused-ring (bicyclic) bond motifs is 4. The van der Waals surface area contributed by atoms with E-state index in [0.29, 0.717) is 39.8 Å². The molecule has 2 aliphatic carbocycles. The Labute approximate surface area is 319 Å². The molecule has 4 aliphatic rings. The number of aliphatic hydroxyl groups is 1. The molecule has 10 nitrogen and oxygen atoms in total. The number of hydrazine groups is 1. The van der Waals surface area contributed by atoms with E-state index in [0.717, 1.165) is 15.5 Å². The Kier molecular flexibility index (Phi) is 9.30. The third-order valence-corrected chi connectivity index (χ3v) is 12.6. The zero-order valence-electron chi connectivity index (χ0n) is 28.5. The molecule has 1 aromatic heterocycles. The van der Waals surface area contributed by atoms with Crippen molar-refractivity contribution in [2.45, 2.75) is 30.7 Å². The first-order valence-electron chi connectivity index (χ1n) is 17.3. The van der Waals surface area contributed by atoms with Gasteiger partial charge in [0.1, 0.15) is 18.1 Å². The molecule has 2 aliphatic heterocycles. The fourth-order valence-electron chi connectivity index (χ4n) is 8.97. The Balaban J connectivity index is 1.33. The second-order valence-corrected chi connectivity index (χ2v) is 15.5. The average molecular weight is 773 g/mol. The number of hydrogen-bond acceptors (Lipinski definition) is 9. The summed E-state index contributed by atoms with van der Waals surface area (Å²) in [5, 5.41) is 13.3. The summed E-state index contributed by atoms with van der Waals surface area (Å²) in [5.74, 6) is -4.16. The van der Waals surface area contributed by atoms with Crippen LogP contribution in [0, 0.1) is 23.7 Å². The van der Waals surface area contributed by atoms with E-state index >= 15 is 4.79 Å². The van der Waals surface area contributed by atoms with Gasteiger partial charge in [-0.25, -0.2) is 0 Å². The number of methoxy groups -OCH3 is 1. The highest BCUT2D eigenvalue weighted by Gasteiger charge is 2.70. The van der Waals surface area contributed by atoms with Gasteiger partial charge in [0.2, 0.25) is 11.8 Å². The summed E-state index contributed by atoms with van der Waals surface area (Å²) < 4.78 is 11.6. The summed E-state index contributed by atoms with van der Waals surface area (Å²) in [7, 11) is 1.55. The summed E-state index contributed by atoms with van der Waals surface area (Å²) in [6, 6.07) is 22.9. The van der Waals surface area contributed by atoms with E-state index in [2.05, 4.69) is 5.43 Å². The number of imide groups is 2. The van der Waals surface area contributed by atoms with Crippen LogP contribution in [0.4, 0.5) is 5.69 Å². The smallest absolute Gasteiger partial charge is 0.260 e. The number of amides is 4. The standard InChI is InChI=1S/C40H35Cl2N3O7S/c1-51-24-11-8-22(9-12-24)40-30(37(48)45(39(40)50)43-32-15-10-23(41)19-31(32)42)20-29-26(35(40)27-6-2-3-7-33(27)52-17-16-46)13-14-28-34(29)38(49)44(36(28)47)21-25-5-4-18-53-25/h2-13,15,18-19,28-30,34-35,43,46H,14,16-17,20-21H2,1H3/t28-,29+,30-,34-,35+,40+/m0/s1. The molecule has 1 saturated carbocycles. The molecule has 4 aromatic rings. The first kappa shape index (κ1) is 35.4. The number of carbonyl (C=O) groups is 4. The van der Waals surface area contributed by atoms with Crippen LogP contribution in [0.25, 0.3) is 0 Å². The Morgan fingerprint density at radius 2 is 1.74 bits per heavy atom. The molecule has 0 bridgehead atoms. The first-order valence-corrected chi connectivity index (χ1v) is 19.0. The van der Waals surface area contributed by atoms with Crippen LogP contribution >= 0.6 is 34.5 Å². The molecule has 2 saturated heterocycles. The minimum atomic E-state index is -1.54. The van der Waals surface area contributed by atoms with Crippen molar-refractivity contribution < 1.29 is 33.8 Å². The summed E-state index contributed by atoms with van der Waals surface area (Å²) in [6.07, 6.45) is 2.44. The van der Waals surface area contributed by atoms with Crippen molar-refractivity contribution >= 4 is 63.9 Å². The van der Waals surface area contributed by atoms with Gasteiger partial charge in [-0.3, -0.25) is 29.5 Å². The molecule has 272 valence electrons. The van der Waals surface area contributed by atoms with Crippen LogP contribution in [0.2, 0.25) is 10.0 Å². The van der Waals surface area contributed by atoms with E-state index in [9.17, 15) is 19.5 Å². The number of para-hydroxylation sites is 1. The van der Waals surface area contributed by atoms with Gasteiger partial charge in [0.25, 0.3) is 11.8 Å². The first-order chi connectivity index (χ1) is 25.7. The normalized spacial score (nSPS) is 26.3. The SMILES string of the molecule is COc1ccc([C@@]23C(=O)N(Nc4ccc(Cl)cc4Cl)C(=O)[C@@H]2C[C@@H]2C(=CC[C@@H]4C(=O)N(Cc5cccs5)C(=O)[C@@H]42)[C@@H]3c2ccccc2OCCO)cc1. The number of rotatable bonds is 10. The van der Waals surface area contributed by atoms with Gasteiger partial charge in [-0.15, -0.1) is 11.3 Å². The third kappa shape index (κ3) is 5.64. The van der Waals surface area contributed by atoms with Crippen LogP contribution in [-0.2, 0) is 31.1 Å². The van der Waals surface area contributed by atoms with Crippen LogP contribution < -0.4 is 14.9 Å². The largest absolute Gasteiger partial charge is 0.497 e. The number of ether oxygens (including phenoxy) is 2. The number of hydrogen-bond donors (Lipinski definition) is 2. The van der Waals surface area contributed by atoms with E-state index < -0.39 is 46.8 Å². The number of anilines is 1. The number of halogens is 2. The highest BCUT2D eigenvalue weighted by molar-refractivity contribution is 7.09. The predicted molar refractivity (Wildman–Crippen MR) is 200 cm³/mol. The average Bonchev–Trinajstić information content (AvgIpc) is 3.83. The summed E-state index contributed by atoms with van der Waals surface area (Å²) in [5.41, 5.74) is 3.78. The number of nitrogens with zero attached hydrogens (tertiary/aromatic N) is 2. The Bertz CT molecular complexity index is 2140. The van der Waals surface area contributed by atoms with Gasteiger partial charge in [0, 0.05) is 21.4 Å². The number of carbonyl (C=O) groups excluding carboxylic acids is 4. The molecule has 3 aromatic carbocycles. The van der Waals surface area contributed by atoms with Gasteiger partial charge in [-0.1, -0.05) is 71.2 Å². The van der Waals surface area contributed by atoms with Crippen LogP contribution in [0.15, 0.2) is 95.9 Å². The van der Waals surface area contributed by atoms with Gasteiger partial charge >= 0.3 is 0 Å². The molecular weight excluding hydrogens is 737 g/mol. The van der Waals surface area contributed by atoms with Crippen molar-refractivity contribution in [3.05, 3.63) is 122 Å². The van der Waals surface area contributed by atoms with Crippen LogP contribution in [0.1, 0.15) is 34.8 Å². The van der Waals surface area contributed by atoms with Gasteiger partial charge < -0.3 is 14.6 Å². The lowest BCUT2D eigenvalue weighted by atomic mass is 9.49. The van der Waals surface area contributed by atoms with Gasteiger partial charge in [-0.05, 0) is 72.2 Å². The topological polar surface area (TPSA) is 125 Å². The highest BCUT2D eigenvalue weighted by Crippen LogP contribution is 2.65. The van der Waals surface area contributed by atoms with Crippen LogP contribution in [0.5, 0.6) is 11.5 Å². The number of nitrogens with one attached hydrogen (secondary N) is 1. The van der Waals surface area contributed by atoms with Gasteiger partial charge in [-0.2, -0.15) is 5.01 Å². The van der Waals surface area contributed by atoms with Crippen molar-refractivity contribution in [2.75, 3.05) is 25.7 Å². The molecule has 53 heavy (non-hydrogen) atoms. The number of likely N-dealkylation sites (tertiary alicyclic amines) is 1. The van der Waals surface area contributed by atoms with Crippen molar-refractivity contribution in [2.24, 2.45) is 23.7 Å². The Morgan fingerprint density at radius 3 is 2.45 bits per heavy atom. The number of benzene rings is 3. The number of allylic oxidation sites excluding steroid dienone is 2. The van der Waals surface area contributed by atoms with Crippen molar-refractivity contribution in [3.63, 3.8) is 0 Å². The quantitative estimate of drug-likeness (QED) is 0.136. The van der Waals surface area contributed by atoms with Crippen molar-refractivity contribution in [1.29, 1.82) is 0 Å². The van der Waals surface area contributed by atoms with E-state index in [1.165, 1.54) is 22.3 Å². The van der Waals surface area contributed by atoms with E-state index in [1.807, 2.05) is 35.7 Å². The molecular formula is C40H35Cl2N3O7S. The molecule has 2 N–H and O–H groups in total. The molecule has 3 fully saturated rings. The summed E-state index contributed by atoms with van der Waals surface area (Å²) in [4.78, 5) is 61.1. The zero-order chi connectivity index (χ0) is 37.0. The summed E-state index contributed by atoms with van der Waals surface area (Å²) >= 11 is 14.2. The van der Waals surface area contributed by atoms with Crippen molar-refractivity contribution in [1.82, 2.24) is 9.91 Å². The molecule has 0 spiro atoms. The molecule has 4 amide bonds. The fraction of sp³-hybridized carbons (Fsp3) is 0.300. The fourth-order valence-corrected chi connectivity index (χ4v) is 10.1. The lowest BCUT2D eigenvalue weighted by molar-refractivity contribution is -0.141. The molecule has 0 unspecified atom stereocenters. The maximum atomic E-state index is 15.5. The van der Waals surface area contributed by atoms with E-state index in [-0.39, 0.29) is 43.0 Å². The zero-order valence-corrected chi connectivity index (χ0v) is 30.9. The number of thiophene rings is 1. The van der Waals surface area contributed by atoms with Crippen LogP contribution in [-0.4, -0.2) is 59.0 Å². The van der Waals surface area contributed by atoms with E-state index in [4.69, 9.17) is 32.7 Å². The maximum absolute atomic E-state index is 15.5. The molecule has 8 rings (SSSR count). The number of aliphatic hydroxyl groups excluding tert-OH is 1. The second kappa shape index (κ2) is 13.9. The van der Waals surface area contributed by atoms with Crippen LogP contribution in [0.3, 0.4) is 0 Å².